The van der Waals surface area contributed by atoms with Crippen LogP contribution in [0.15, 0.2) is 42.7 Å². The Kier molecular flexibility index (Phi) is 5.30. The molecule has 0 saturated carbocycles. The largest absolute Gasteiger partial charge is 0.364 e. The predicted molar refractivity (Wildman–Crippen MR) is 92.4 cm³/mol. The lowest BCUT2D eigenvalue weighted by Crippen LogP contribution is -2.43. The highest BCUT2D eigenvalue weighted by molar-refractivity contribution is 5.81. The second-order valence-corrected chi connectivity index (χ2v) is 6.51. The van der Waals surface area contributed by atoms with Crippen molar-refractivity contribution in [3.8, 4) is 0 Å². The Morgan fingerprint density at radius 1 is 1.38 bits per heavy atom. The van der Waals surface area contributed by atoms with Gasteiger partial charge < -0.3 is 9.64 Å². The van der Waals surface area contributed by atoms with Crippen LogP contribution in [0.3, 0.4) is 0 Å². The van der Waals surface area contributed by atoms with Gasteiger partial charge in [-0.1, -0.05) is 30.3 Å². The highest BCUT2D eigenvalue weighted by Gasteiger charge is 2.32. The maximum atomic E-state index is 12.7. The van der Waals surface area contributed by atoms with E-state index in [1.54, 1.807) is 0 Å². The van der Waals surface area contributed by atoms with Crippen molar-refractivity contribution in [3.05, 3.63) is 53.9 Å². The second kappa shape index (κ2) is 7.62. The molecule has 1 fully saturated rings. The Hall–Kier alpha value is -2.14. The Balaban J connectivity index is 1.56. The topological polar surface area (TPSA) is 47.4 Å². The van der Waals surface area contributed by atoms with Crippen LogP contribution in [0.1, 0.15) is 30.9 Å². The zero-order valence-electron chi connectivity index (χ0n) is 14.4. The fourth-order valence-corrected chi connectivity index (χ4v) is 3.20. The molecule has 1 aliphatic rings. The van der Waals surface area contributed by atoms with Gasteiger partial charge in [-0.25, -0.2) is 0 Å². The van der Waals surface area contributed by atoms with E-state index in [1.807, 2.05) is 66.2 Å². The fourth-order valence-electron chi connectivity index (χ4n) is 3.20. The molecule has 24 heavy (non-hydrogen) atoms. The molecule has 2 aromatic rings. The normalized spacial score (nSPS) is 18.8. The first-order valence-electron chi connectivity index (χ1n) is 8.58. The number of aryl methyl sites for hydroxylation is 1. The smallest absolute Gasteiger partial charge is 0.251 e. The second-order valence-electron chi connectivity index (χ2n) is 6.51. The summed E-state index contributed by atoms with van der Waals surface area (Å²) in [7, 11) is 0. The molecule has 2 heterocycles. The molecule has 1 amide bonds. The zero-order valence-corrected chi connectivity index (χ0v) is 14.4. The summed E-state index contributed by atoms with van der Waals surface area (Å²) < 4.78 is 7.72. The number of benzene rings is 1. The van der Waals surface area contributed by atoms with E-state index in [1.165, 1.54) is 0 Å². The lowest BCUT2D eigenvalue weighted by atomic mass is 10.2. The highest BCUT2D eigenvalue weighted by atomic mass is 16.5. The van der Waals surface area contributed by atoms with E-state index in [-0.39, 0.29) is 11.9 Å². The van der Waals surface area contributed by atoms with E-state index in [9.17, 15) is 4.79 Å². The maximum absolute atomic E-state index is 12.7. The summed E-state index contributed by atoms with van der Waals surface area (Å²) in [5, 5.41) is 4.34. The Bertz CT molecular complexity index is 668. The van der Waals surface area contributed by atoms with Gasteiger partial charge in [0.15, 0.2) is 0 Å². The summed E-state index contributed by atoms with van der Waals surface area (Å²) in [6.45, 7) is 5.90. The summed E-state index contributed by atoms with van der Waals surface area (Å²) in [6.07, 6.45) is 5.52. The zero-order chi connectivity index (χ0) is 16.9. The molecule has 0 unspecified atom stereocenters. The number of aromatic nitrogens is 2. The van der Waals surface area contributed by atoms with Crippen LogP contribution in [-0.2, 0) is 22.7 Å². The van der Waals surface area contributed by atoms with Gasteiger partial charge in [-0.15, -0.1) is 0 Å². The third kappa shape index (κ3) is 4.03. The number of hydrogen-bond donors (Lipinski definition) is 0. The first-order chi connectivity index (χ1) is 11.6. The van der Waals surface area contributed by atoms with Crippen LogP contribution in [0.4, 0.5) is 0 Å². The SMILES string of the molecule is Cc1cnn(C[C@H]2CCCN2C(=O)[C@H](C)OCc2ccccc2)c1. The lowest BCUT2D eigenvalue weighted by Gasteiger charge is -2.27. The summed E-state index contributed by atoms with van der Waals surface area (Å²) in [5.74, 6) is 0.0808. The van der Waals surface area contributed by atoms with Crippen molar-refractivity contribution < 1.29 is 9.53 Å². The van der Waals surface area contributed by atoms with Crippen LogP contribution in [0.2, 0.25) is 0 Å². The van der Waals surface area contributed by atoms with E-state index >= 15 is 0 Å². The van der Waals surface area contributed by atoms with E-state index in [0.717, 1.165) is 37.1 Å². The number of ether oxygens (including phenoxy) is 1. The first-order valence-corrected chi connectivity index (χ1v) is 8.58. The van der Waals surface area contributed by atoms with Gasteiger partial charge in [0, 0.05) is 12.7 Å². The molecule has 1 saturated heterocycles. The summed E-state index contributed by atoms with van der Waals surface area (Å²) in [5.41, 5.74) is 2.23. The average molecular weight is 327 g/mol. The number of rotatable bonds is 6. The van der Waals surface area contributed by atoms with Gasteiger partial charge in [-0.05, 0) is 37.8 Å². The molecular formula is C19H25N3O2. The summed E-state index contributed by atoms with van der Waals surface area (Å²) in [4.78, 5) is 14.7. The van der Waals surface area contributed by atoms with Crippen LogP contribution < -0.4 is 0 Å². The van der Waals surface area contributed by atoms with Gasteiger partial charge in [0.25, 0.3) is 5.91 Å². The molecule has 5 heteroatoms. The molecule has 1 aromatic carbocycles. The van der Waals surface area contributed by atoms with Gasteiger partial charge in [-0.3, -0.25) is 9.48 Å². The quantitative estimate of drug-likeness (QED) is 0.820. The van der Waals surface area contributed by atoms with Crippen molar-refractivity contribution in [3.63, 3.8) is 0 Å². The number of amides is 1. The summed E-state index contributed by atoms with van der Waals surface area (Å²) in [6, 6.07) is 10.2. The van der Waals surface area contributed by atoms with Crippen molar-refractivity contribution in [1.29, 1.82) is 0 Å². The number of carbonyl (C=O) groups excluding carboxylic acids is 1. The fraction of sp³-hybridized carbons (Fsp3) is 0.474. The molecule has 0 spiro atoms. The van der Waals surface area contributed by atoms with Crippen LogP contribution >= 0.6 is 0 Å². The Morgan fingerprint density at radius 3 is 2.88 bits per heavy atom. The van der Waals surface area contributed by atoms with E-state index < -0.39 is 6.10 Å². The van der Waals surface area contributed by atoms with Gasteiger partial charge in [0.2, 0.25) is 0 Å². The average Bonchev–Trinajstić information content (AvgIpc) is 3.22. The minimum Gasteiger partial charge on any atom is -0.364 e. The molecule has 2 atom stereocenters. The van der Waals surface area contributed by atoms with Crippen LogP contribution in [0, 0.1) is 6.92 Å². The van der Waals surface area contributed by atoms with Gasteiger partial charge in [0.05, 0.1) is 25.4 Å². The lowest BCUT2D eigenvalue weighted by molar-refractivity contribution is -0.144. The van der Waals surface area contributed by atoms with Gasteiger partial charge >= 0.3 is 0 Å². The monoisotopic (exact) mass is 327 g/mol. The molecule has 0 N–H and O–H groups in total. The standard InChI is InChI=1S/C19H25N3O2/c1-15-11-20-21(12-15)13-18-9-6-10-22(18)19(23)16(2)24-14-17-7-4-3-5-8-17/h3-5,7-8,11-12,16,18H,6,9-10,13-14H2,1-2H3/t16-,18+/m0/s1. The number of carbonyl (C=O) groups is 1. The third-order valence-electron chi connectivity index (χ3n) is 4.51. The summed E-state index contributed by atoms with van der Waals surface area (Å²) >= 11 is 0. The molecule has 1 aromatic heterocycles. The van der Waals surface area contributed by atoms with Crippen molar-refractivity contribution in [2.75, 3.05) is 6.54 Å². The van der Waals surface area contributed by atoms with Crippen molar-refractivity contribution >= 4 is 5.91 Å². The maximum Gasteiger partial charge on any atom is 0.251 e. The Labute approximate surface area is 143 Å². The minimum atomic E-state index is -0.426. The van der Waals surface area contributed by atoms with Crippen LogP contribution in [0.5, 0.6) is 0 Å². The molecule has 128 valence electrons. The van der Waals surface area contributed by atoms with Gasteiger partial charge in [-0.2, -0.15) is 5.10 Å². The highest BCUT2D eigenvalue weighted by Crippen LogP contribution is 2.21. The van der Waals surface area contributed by atoms with E-state index in [4.69, 9.17) is 4.74 Å². The predicted octanol–water partition coefficient (Wildman–Crippen LogP) is 2.79. The molecule has 0 radical (unpaired) electrons. The minimum absolute atomic E-state index is 0.0808. The molecule has 3 rings (SSSR count). The number of likely N-dealkylation sites (tertiary alicyclic amines) is 1. The number of nitrogens with zero attached hydrogens (tertiary/aromatic N) is 3. The third-order valence-corrected chi connectivity index (χ3v) is 4.51. The number of hydrogen-bond acceptors (Lipinski definition) is 3. The van der Waals surface area contributed by atoms with Crippen molar-refractivity contribution in [2.45, 2.75) is 52.0 Å². The van der Waals surface area contributed by atoms with Crippen LogP contribution in [-0.4, -0.2) is 39.3 Å². The van der Waals surface area contributed by atoms with Crippen LogP contribution in [0.25, 0.3) is 0 Å². The molecule has 0 aliphatic carbocycles. The van der Waals surface area contributed by atoms with E-state index in [2.05, 4.69) is 5.10 Å². The molecular weight excluding hydrogens is 302 g/mol. The molecule has 1 aliphatic heterocycles. The first kappa shape index (κ1) is 16.7. The van der Waals surface area contributed by atoms with Crippen molar-refractivity contribution in [2.24, 2.45) is 0 Å². The van der Waals surface area contributed by atoms with Gasteiger partial charge in [0.1, 0.15) is 6.10 Å². The molecule has 5 nitrogen and oxygen atoms in total. The van der Waals surface area contributed by atoms with E-state index in [0.29, 0.717) is 6.61 Å². The van der Waals surface area contributed by atoms with Crippen molar-refractivity contribution in [1.82, 2.24) is 14.7 Å². The molecule has 0 bridgehead atoms. The Morgan fingerprint density at radius 2 is 2.17 bits per heavy atom.